The van der Waals surface area contributed by atoms with Crippen molar-refractivity contribution in [2.24, 2.45) is 0 Å². The van der Waals surface area contributed by atoms with Crippen molar-refractivity contribution in [1.29, 1.82) is 0 Å². The van der Waals surface area contributed by atoms with Crippen LogP contribution in [-0.4, -0.2) is 14.3 Å². The molecule has 0 fully saturated rings. The van der Waals surface area contributed by atoms with Crippen LogP contribution in [-0.2, 0) is 10.0 Å². The Morgan fingerprint density at radius 2 is 1.70 bits per heavy atom. The first-order chi connectivity index (χ1) is 12.9. The first kappa shape index (κ1) is 18.8. The minimum absolute atomic E-state index is 0.181. The van der Waals surface area contributed by atoms with E-state index in [9.17, 15) is 17.6 Å². The van der Waals surface area contributed by atoms with Crippen molar-refractivity contribution in [2.45, 2.75) is 0 Å². The number of thiophene rings is 1. The SMILES string of the molecule is O=C(Nc1ccc(F)cc1)c1ccsc1NS(=O)(=O)/C=C/c1ccccc1. The maximum atomic E-state index is 12.9. The number of hydrogen-bond donors (Lipinski definition) is 2. The molecule has 3 aromatic rings. The third kappa shape index (κ3) is 5.25. The molecule has 0 radical (unpaired) electrons. The molecule has 2 aromatic carbocycles. The second-order valence-electron chi connectivity index (χ2n) is 5.48. The van der Waals surface area contributed by atoms with Crippen molar-refractivity contribution in [3.8, 4) is 0 Å². The van der Waals surface area contributed by atoms with Crippen LogP contribution in [0.4, 0.5) is 15.1 Å². The third-order valence-corrected chi connectivity index (χ3v) is 5.43. The Balaban J connectivity index is 1.73. The van der Waals surface area contributed by atoms with Gasteiger partial charge in [0.05, 0.1) is 11.0 Å². The molecule has 0 saturated carbocycles. The van der Waals surface area contributed by atoms with Gasteiger partial charge < -0.3 is 5.32 Å². The summed E-state index contributed by atoms with van der Waals surface area (Å²) in [6, 6.07) is 15.8. The normalized spacial score (nSPS) is 11.4. The van der Waals surface area contributed by atoms with E-state index in [1.165, 1.54) is 36.4 Å². The number of carbonyl (C=O) groups is 1. The lowest BCUT2D eigenvalue weighted by Gasteiger charge is -2.07. The van der Waals surface area contributed by atoms with Crippen molar-refractivity contribution >= 4 is 44.0 Å². The molecule has 0 saturated heterocycles. The second-order valence-corrected chi connectivity index (χ2v) is 7.97. The Morgan fingerprint density at radius 3 is 2.41 bits per heavy atom. The Kier molecular flexibility index (Phi) is 5.68. The summed E-state index contributed by atoms with van der Waals surface area (Å²) in [4.78, 5) is 12.4. The Morgan fingerprint density at radius 1 is 1.00 bits per heavy atom. The molecule has 138 valence electrons. The lowest BCUT2D eigenvalue weighted by atomic mass is 10.2. The van der Waals surface area contributed by atoms with Gasteiger partial charge in [0.25, 0.3) is 15.9 Å². The second kappa shape index (κ2) is 8.15. The molecule has 0 aliphatic heterocycles. The fourth-order valence-corrected chi connectivity index (χ4v) is 4.14. The first-order valence-electron chi connectivity index (χ1n) is 7.83. The maximum absolute atomic E-state index is 12.9. The van der Waals surface area contributed by atoms with Crippen LogP contribution >= 0.6 is 11.3 Å². The summed E-state index contributed by atoms with van der Waals surface area (Å²) in [5.74, 6) is -0.908. The van der Waals surface area contributed by atoms with Crippen molar-refractivity contribution in [3.05, 3.63) is 88.4 Å². The van der Waals surface area contributed by atoms with E-state index in [0.29, 0.717) is 5.69 Å². The van der Waals surface area contributed by atoms with Crippen LogP contribution in [0.25, 0.3) is 6.08 Å². The van der Waals surface area contributed by atoms with Crippen molar-refractivity contribution < 1.29 is 17.6 Å². The maximum Gasteiger partial charge on any atom is 0.258 e. The first-order valence-corrected chi connectivity index (χ1v) is 10.3. The summed E-state index contributed by atoms with van der Waals surface area (Å²) in [5, 5.41) is 5.46. The van der Waals surface area contributed by atoms with E-state index in [4.69, 9.17) is 0 Å². The van der Waals surface area contributed by atoms with E-state index >= 15 is 0 Å². The highest BCUT2D eigenvalue weighted by Crippen LogP contribution is 2.26. The number of amides is 1. The average molecular weight is 402 g/mol. The molecule has 0 atom stereocenters. The van der Waals surface area contributed by atoms with E-state index in [2.05, 4.69) is 10.0 Å². The molecule has 0 spiro atoms. The Labute approximate surface area is 160 Å². The number of hydrogen-bond acceptors (Lipinski definition) is 4. The minimum Gasteiger partial charge on any atom is -0.322 e. The average Bonchev–Trinajstić information content (AvgIpc) is 3.10. The standard InChI is InChI=1S/C19H15FN2O3S2/c20-15-6-8-16(9-7-15)21-18(23)17-10-12-26-19(17)22-27(24,25)13-11-14-4-2-1-3-5-14/h1-13,22H,(H,21,23)/b13-11+. The summed E-state index contributed by atoms with van der Waals surface area (Å²) in [6.07, 6.45) is 1.47. The molecular weight excluding hydrogens is 387 g/mol. The predicted octanol–water partition coefficient (Wildman–Crippen LogP) is 4.55. The van der Waals surface area contributed by atoms with E-state index in [0.717, 1.165) is 22.3 Å². The molecule has 0 aliphatic rings. The molecule has 0 bridgehead atoms. The van der Waals surface area contributed by atoms with Crippen LogP contribution in [0.15, 0.2) is 71.5 Å². The van der Waals surface area contributed by atoms with Crippen LogP contribution in [0.1, 0.15) is 15.9 Å². The molecule has 1 heterocycles. The van der Waals surface area contributed by atoms with Crippen LogP contribution in [0.3, 0.4) is 0 Å². The van der Waals surface area contributed by atoms with Crippen molar-refractivity contribution in [1.82, 2.24) is 0 Å². The van der Waals surface area contributed by atoms with Gasteiger partial charge >= 0.3 is 0 Å². The third-order valence-electron chi connectivity index (χ3n) is 3.49. The van der Waals surface area contributed by atoms with Crippen LogP contribution in [0, 0.1) is 5.82 Å². The zero-order chi connectivity index (χ0) is 19.3. The van der Waals surface area contributed by atoms with Gasteiger partial charge in [-0.2, -0.15) is 0 Å². The highest BCUT2D eigenvalue weighted by atomic mass is 32.2. The smallest absolute Gasteiger partial charge is 0.258 e. The van der Waals surface area contributed by atoms with Crippen LogP contribution < -0.4 is 10.0 Å². The lowest BCUT2D eigenvalue weighted by molar-refractivity contribution is 0.102. The van der Waals surface area contributed by atoms with E-state index < -0.39 is 21.7 Å². The van der Waals surface area contributed by atoms with Gasteiger partial charge in [-0.15, -0.1) is 11.3 Å². The van der Waals surface area contributed by atoms with Crippen LogP contribution in [0.5, 0.6) is 0 Å². The van der Waals surface area contributed by atoms with Crippen molar-refractivity contribution in [3.63, 3.8) is 0 Å². The number of carbonyl (C=O) groups excluding carboxylic acids is 1. The molecule has 3 rings (SSSR count). The van der Waals surface area contributed by atoms with E-state index in [1.54, 1.807) is 29.6 Å². The monoisotopic (exact) mass is 402 g/mol. The molecule has 5 nitrogen and oxygen atoms in total. The number of anilines is 2. The molecular formula is C19H15FN2O3S2. The number of halogens is 1. The van der Waals surface area contributed by atoms with Crippen LogP contribution in [0.2, 0.25) is 0 Å². The quantitative estimate of drug-likeness (QED) is 0.635. The van der Waals surface area contributed by atoms with Gasteiger partial charge in [0, 0.05) is 5.69 Å². The number of benzene rings is 2. The van der Waals surface area contributed by atoms with Gasteiger partial charge in [-0.1, -0.05) is 30.3 Å². The molecule has 1 aromatic heterocycles. The number of sulfonamides is 1. The number of rotatable bonds is 6. The molecule has 0 unspecified atom stereocenters. The van der Waals surface area contributed by atoms with Gasteiger partial charge in [-0.3, -0.25) is 9.52 Å². The largest absolute Gasteiger partial charge is 0.322 e. The van der Waals surface area contributed by atoms with E-state index in [1.807, 2.05) is 6.07 Å². The zero-order valence-corrected chi connectivity index (χ0v) is 15.6. The summed E-state index contributed by atoms with van der Waals surface area (Å²) in [6.45, 7) is 0. The van der Waals surface area contributed by atoms with Gasteiger partial charge in [0.2, 0.25) is 0 Å². The zero-order valence-electron chi connectivity index (χ0n) is 13.9. The number of nitrogens with one attached hydrogen (secondary N) is 2. The highest BCUT2D eigenvalue weighted by Gasteiger charge is 2.17. The van der Waals surface area contributed by atoms with E-state index in [-0.39, 0.29) is 10.6 Å². The Hall–Kier alpha value is -2.97. The predicted molar refractivity (Wildman–Crippen MR) is 107 cm³/mol. The topological polar surface area (TPSA) is 75.3 Å². The summed E-state index contributed by atoms with van der Waals surface area (Å²) in [5.41, 5.74) is 1.33. The highest BCUT2D eigenvalue weighted by molar-refractivity contribution is 7.95. The molecule has 2 N–H and O–H groups in total. The lowest BCUT2D eigenvalue weighted by Crippen LogP contribution is -2.15. The summed E-state index contributed by atoms with van der Waals surface area (Å²) < 4.78 is 39.9. The fraction of sp³-hybridized carbons (Fsp3) is 0. The molecule has 27 heavy (non-hydrogen) atoms. The van der Waals surface area contributed by atoms with Gasteiger partial charge in [-0.25, -0.2) is 12.8 Å². The van der Waals surface area contributed by atoms with Gasteiger partial charge in [0.15, 0.2) is 0 Å². The summed E-state index contributed by atoms with van der Waals surface area (Å²) in [7, 11) is -3.79. The van der Waals surface area contributed by atoms with Crippen molar-refractivity contribution in [2.75, 3.05) is 10.0 Å². The molecule has 1 amide bonds. The fourth-order valence-electron chi connectivity index (χ4n) is 2.19. The minimum atomic E-state index is -3.79. The van der Waals surface area contributed by atoms with Gasteiger partial charge in [-0.05, 0) is 47.4 Å². The molecule has 8 heteroatoms. The Bertz CT molecular complexity index is 1060. The summed E-state index contributed by atoms with van der Waals surface area (Å²) >= 11 is 1.09. The van der Waals surface area contributed by atoms with Gasteiger partial charge in [0.1, 0.15) is 10.8 Å². The molecule has 0 aliphatic carbocycles.